The summed E-state index contributed by atoms with van der Waals surface area (Å²) in [7, 11) is 1.64. The van der Waals surface area contributed by atoms with Gasteiger partial charge in [0.2, 0.25) is 0 Å². The van der Waals surface area contributed by atoms with Crippen LogP contribution >= 0.6 is 11.6 Å². The lowest BCUT2D eigenvalue weighted by atomic mass is 9.79. The molecule has 20 heavy (non-hydrogen) atoms. The number of benzene rings is 2. The maximum Gasteiger partial charge on any atom is 0.170 e. The number of rotatable bonds is 2. The first kappa shape index (κ1) is 13.2. The van der Waals surface area contributed by atoms with E-state index in [4.69, 9.17) is 16.3 Å². The molecule has 0 saturated carbocycles. The third kappa shape index (κ3) is 2.32. The monoisotopic (exact) mass is 286 g/mol. The Kier molecular flexibility index (Phi) is 3.49. The Hall–Kier alpha value is -1.80. The number of methoxy groups -OCH3 is 1. The molecule has 3 rings (SSSR count). The van der Waals surface area contributed by atoms with Gasteiger partial charge in [0.05, 0.1) is 7.11 Å². The lowest BCUT2D eigenvalue weighted by Crippen LogP contribution is -2.20. The molecule has 0 aliphatic heterocycles. The highest BCUT2D eigenvalue weighted by Gasteiger charge is 2.28. The van der Waals surface area contributed by atoms with Crippen molar-refractivity contribution in [3.63, 3.8) is 0 Å². The van der Waals surface area contributed by atoms with Gasteiger partial charge in [0.1, 0.15) is 5.75 Å². The van der Waals surface area contributed by atoms with Crippen molar-refractivity contribution >= 4 is 17.4 Å². The zero-order valence-corrected chi connectivity index (χ0v) is 12.0. The van der Waals surface area contributed by atoms with Crippen LogP contribution in [0.1, 0.15) is 33.8 Å². The van der Waals surface area contributed by atoms with Crippen LogP contribution in [0, 0.1) is 0 Å². The molecule has 0 aromatic heterocycles. The second kappa shape index (κ2) is 5.29. The molecular weight excluding hydrogens is 272 g/mol. The van der Waals surface area contributed by atoms with E-state index in [1.165, 1.54) is 0 Å². The van der Waals surface area contributed by atoms with E-state index in [1.807, 2.05) is 42.5 Å². The van der Waals surface area contributed by atoms with Gasteiger partial charge in [0, 0.05) is 16.5 Å². The van der Waals surface area contributed by atoms with Gasteiger partial charge in [0.25, 0.3) is 0 Å². The standard InChI is InChI=1S/C17H15ClO2/c1-20-14-7-9-16-12(10-14)4-8-15(17(16)19)11-2-5-13(18)6-3-11/h2-3,5-7,9-10,15H,4,8H2,1H3/t15-/m1/s1. The second-order valence-electron chi connectivity index (χ2n) is 5.03. The normalized spacial score (nSPS) is 17.7. The smallest absolute Gasteiger partial charge is 0.170 e. The molecule has 0 unspecified atom stereocenters. The highest BCUT2D eigenvalue weighted by atomic mass is 35.5. The van der Waals surface area contributed by atoms with Gasteiger partial charge in [-0.1, -0.05) is 23.7 Å². The number of carbonyl (C=O) groups is 1. The second-order valence-corrected chi connectivity index (χ2v) is 5.47. The summed E-state index contributed by atoms with van der Waals surface area (Å²) in [6.07, 6.45) is 1.73. The van der Waals surface area contributed by atoms with Crippen LogP contribution in [0.5, 0.6) is 5.75 Å². The molecule has 0 amide bonds. The summed E-state index contributed by atoms with van der Waals surface area (Å²) in [5, 5.41) is 0.696. The number of halogens is 1. The van der Waals surface area contributed by atoms with Crippen LogP contribution in [0.25, 0.3) is 0 Å². The van der Waals surface area contributed by atoms with Crippen LogP contribution in [-0.4, -0.2) is 12.9 Å². The largest absolute Gasteiger partial charge is 0.497 e. The van der Waals surface area contributed by atoms with Crippen LogP contribution in [-0.2, 0) is 6.42 Å². The number of aryl methyl sites for hydroxylation is 1. The molecule has 2 nitrogen and oxygen atoms in total. The SMILES string of the molecule is COc1ccc2c(c1)CC[C@H](c1ccc(Cl)cc1)C2=O. The summed E-state index contributed by atoms with van der Waals surface area (Å²) in [5.41, 5.74) is 2.94. The number of fused-ring (bicyclic) bond motifs is 1. The van der Waals surface area contributed by atoms with E-state index < -0.39 is 0 Å². The Morgan fingerprint density at radius 3 is 2.60 bits per heavy atom. The molecule has 1 aliphatic carbocycles. The highest BCUT2D eigenvalue weighted by Crippen LogP contribution is 2.34. The lowest BCUT2D eigenvalue weighted by molar-refractivity contribution is 0.0946. The number of hydrogen-bond donors (Lipinski definition) is 0. The van der Waals surface area contributed by atoms with E-state index in [1.54, 1.807) is 7.11 Å². The van der Waals surface area contributed by atoms with Gasteiger partial charge in [-0.3, -0.25) is 4.79 Å². The molecule has 1 aliphatic rings. The minimum atomic E-state index is -0.0619. The summed E-state index contributed by atoms with van der Waals surface area (Å²) in [6, 6.07) is 13.3. The van der Waals surface area contributed by atoms with Gasteiger partial charge in [-0.25, -0.2) is 0 Å². The van der Waals surface area contributed by atoms with Crippen molar-refractivity contribution in [1.82, 2.24) is 0 Å². The Bertz CT molecular complexity index is 647. The third-order valence-corrected chi connectivity index (χ3v) is 4.12. The minimum absolute atomic E-state index is 0.0619. The van der Waals surface area contributed by atoms with Crippen LogP contribution in [0.15, 0.2) is 42.5 Å². The zero-order valence-electron chi connectivity index (χ0n) is 11.2. The molecule has 0 fully saturated rings. The predicted molar refractivity (Wildman–Crippen MR) is 79.8 cm³/mol. The fourth-order valence-corrected chi connectivity index (χ4v) is 2.90. The van der Waals surface area contributed by atoms with E-state index >= 15 is 0 Å². The molecule has 1 atom stereocenters. The Morgan fingerprint density at radius 1 is 1.15 bits per heavy atom. The first-order valence-electron chi connectivity index (χ1n) is 6.65. The average molecular weight is 287 g/mol. The van der Waals surface area contributed by atoms with Gasteiger partial charge in [-0.05, 0) is 54.3 Å². The van der Waals surface area contributed by atoms with Gasteiger partial charge >= 0.3 is 0 Å². The highest BCUT2D eigenvalue weighted by molar-refractivity contribution is 6.30. The molecule has 102 valence electrons. The first-order chi connectivity index (χ1) is 9.69. The van der Waals surface area contributed by atoms with Gasteiger partial charge in [0.15, 0.2) is 5.78 Å². The average Bonchev–Trinajstić information content (AvgIpc) is 2.48. The topological polar surface area (TPSA) is 26.3 Å². The van der Waals surface area contributed by atoms with Crippen molar-refractivity contribution in [1.29, 1.82) is 0 Å². The van der Waals surface area contributed by atoms with Crippen LogP contribution in [0.4, 0.5) is 0 Å². The Balaban J connectivity index is 1.94. The lowest BCUT2D eigenvalue weighted by Gasteiger charge is -2.24. The molecule has 0 N–H and O–H groups in total. The molecule has 0 spiro atoms. The van der Waals surface area contributed by atoms with Crippen molar-refractivity contribution in [3.05, 3.63) is 64.2 Å². The summed E-state index contributed by atoms with van der Waals surface area (Å²) in [5.74, 6) is 0.936. The zero-order chi connectivity index (χ0) is 14.1. The fraction of sp³-hybridized carbons (Fsp3) is 0.235. The first-order valence-corrected chi connectivity index (χ1v) is 7.03. The third-order valence-electron chi connectivity index (χ3n) is 3.87. The summed E-state index contributed by atoms with van der Waals surface area (Å²) in [6.45, 7) is 0. The van der Waals surface area contributed by atoms with E-state index in [0.29, 0.717) is 5.02 Å². The van der Waals surface area contributed by atoms with Gasteiger partial charge in [-0.15, -0.1) is 0 Å². The minimum Gasteiger partial charge on any atom is -0.497 e. The fourth-order valence-electron chi connectivity index (χ4n) is 2.78. The molecule has 0 saturated heterocycles. The maximum absolute atomic E-state index is 12.6. The maximum atomic E-state index is 12.6. The number of ketones is 1. The Morgan fingerprint density at radius 2 is 1.90 bits per heavy atom. The van der Waals surface area contributed by atoms with Gasteiger partial charge in [-0.2, -0.15) is 0 Å². The molecule has 0 bridgehead atoms. The summed E-state index contributed by atoms with van der Waals surface area (Å²) in [4.78, 5) is 12.6. The summed E-state index contributed by atoms with van der Waals surface area (Å²) >= 11 is 5.90. The van der Waals surface area contributed by atoms with Crippen molar-refractivity contribution in [2.45, 2.75) is 18.8 Å². The number of ether oxygens (including phenoxy) is 1. The van der Waals surface area contributed by atoms with Crippen molar-refractivity contribution < 1.29 is 9.53 Å². The van der Waals surface area contributed by atoms with E-state index in [-0.39, 0.29) is 11.7 Å². The number of Topliss-reactive ketones (excluding diaryl/α,β-unsaturated/α-hetero) is 1. The number of carbonyl (C=O) groups excluding carboxylic acids is 1. The number of hydrogen-bond acceptors (Lipinski definition) is 2. The van der Waals surface area contributed by atoms with Crippen LogP contribution < -0.4 is 4.74 Å². The van der Waals surface area contributed by atoms with Crippen molar-refractivity contribution in [2.75, 3.05) is 7.11 Å². The molecule has 0 radical (unpaired) electrons. The molecule has 2 aromatic carbocycles. The van der Waals surface area contributed by atoms with E-state index in [2.05, 4.69) is 0 Å². The van der Waals surface area contributed by atoms with Crippen LogP contribution in [0.3, 0.4) is 0 Å². The van der Waals surface area contributed by atoms with Crippen molar-refractivity contribution in [3.8, 4) is 5.75 Å². The van der Waals surface area contributed by atoms with E-state index in [9.17, 15) is 4.79 Å². The molecule has 2 aromatic rings. The predicted octanol–water partition coefficient (Wildman–Crippen LogP) is 4.26. The quantitative estimate of drug-likeness (QED) is 0.824. The molecule has 3 heteroatoms. The Labute approximate surface area is 123 Å². The van der Waals surface area contributed by atoms with Gasteiger partial charge < -0.3 is 4.74 Å². The van der Waals surface area contributed by atoms with Crippen LogP contribution in [0.2, 0.25) is 5.02 Å². The molecular formula is C17H15ClO2. The van der Waals surface area contributed by atoms with E-state index in [0.717, 1.165) is 35.3 Å². The molecule has 0 heterocycles. The van der Waals surface area contributed by atoms with Crippen molar-refractivity contribution in [2.24, 2.45) is 0 Å². The summed E-state index contributed by atoms with van der Waals surface area (Å²) < 4.78 is 5.21.